The molecule has 0 atom stereocenters. The van der Waals surface area contributed by atoms with E-state index in [1.807, 2.05) is 35.7 Å². The minimum atomic E-state index is -3.92. The summed E-state index contributed by atoms with van der Waals surface area (Å²) in [5.41, 5.74) is 1.77. The Morgan fingerprint density at radius 3 is 2.61 bits per heavy atom. The minimum Gasteiger partial charge on any atom is -0.379 e. The van der Waals surface area contributed by atoms with E-state index in [4.69, 9.17) is 4.74 Å². The van der Waals surface area contributed by atoms with Gasteiger partial charge in [-0.25, -0.2) is 13.4 Å². The van der Waals surface area contributed by atoms with Crippen LogP contribution in [0.1, 0.15) is 5.69 Å². The predicted octanol–water partition coefficient (Wildman–Crippen LogP) is 3.35. The minimum absolute atomic E-state index is 0.123. The van der Waals surface area contributed by atoms with Gasteiger partial charge in [-0.05, 0) is 6.07 Å². The molecule has 3 aromatic rings. The van der Waals surface area contributed by atoms with Crippen molar-refractivity contribution in [3.63, 3.8) is 0 Å². The number of thiazole rings is 1. The number of non-ortho nitro benzene ring substituents is 1. The number of nitro groups is 1. The van der Waals surface area contributed by atoms with Crippen LogP contribution in [0.2, 0.25) is 0 Å². The van der Waals surface area contributed by atoms with Crippen molar-refractivity contribution in [1.29, 1.82) is 0 Å². The summed E-state index contributed by atoms with van der Waals surface area (Å²) in [4.78, 5) is 15.1. The van der Waals surface area contributed by atoms with Crippen molar-refractivity contribution in [1.82, 2.24) is 9.29 Å². The summed E-state index contributed by atoms with van der Waals surface area (Å²) in [6.07, 6.45) is 0. The topological polar surface area (TPSA) is 115 Å². The lowest BCUT2D eigenvalue weighted by Gasteiger charge is -2.27. The molecule has 162 valence electrons. The van der Waals surface area contributed by atoms with Crippen LogP contribution < -0.4 is 5.32 Å². The van der Waals surface area contributed by atoms with Gasteiger partial charge in [0.05, 0.1) is 36.1 Å². The molecule has 1 aromatic heterocycles. The third-order valence-electron chi connectivity index (χ3n) is 4.80. The number of anilines is 1. The van der Waals surface area contributed by atoms with Crippen molar-refractivity contribution < 1.29 is 18.1 Å². The van der Waals surface area contributed by atoms with Crippen molar-refractivity contribution in [2.75, 3.05) is 31.6 Å². The Labute approximate surface area is 183 Å². The van der Waals surface area contributed by atoms with Crippen LogP contribution in [-0.4, -0.2) is 48.9 Å². The maximum Gasteiger partial charge on any atom is 0.270 e. The third kappa shape index (κ3) is 4.74. The van der Waals surface area contributed by atoms with Gasteiger partial charge < -0.3 is 10.1 Å². The second kappa shape index (κ2) is 9.10. The number of ether oxygens (including phenoxy) is 1. The van der Waals surface area contributed by atoms with Crippen LogP contribution in [0.25, 0.3) is 10.6 Å². The SMILES string of the molecule is O=[N+]([O-])c1ccc(NCc2csc(-c3ccccc3)n2)c(S(=O)(=O)N2CCOCC2)c1. The fourth-order valence-electron chi connectivity index (χ4n) is 3.20. The Morgan fingerprint density at radius 1 is 1.16 bits per heavy atom. The zero-order valence-electron chi connectivity index (χ0n) is 16.4. The summed E-state index contributed by atoms with van der Waals surface area (Å²) in [5.74, 6) is 0. The van der Waals surface area contributed by atoms with Gasteiger partial charge >= 0.3 is 0 Å². The van der Waals surface area contributed by atoms with E-state index in [0.717, 1.165) is 22.3 Å². The molecule has 1 aliphatic rings. The summed E-state index contributed by atoms with van der Waals surface area (Å²) in [7, 11) is -3.92. The zero-order valence-corrected chi connectivity index (χ0v) is 18.1. The van der Waals surface area contributed by atoms with Crippen molar-refractivity contribution in [2.45, 2.75) is 11.4 Å². The van der Waals surface area contributed by atoms with Crippen LogP contribution in [-0.2, 0) is 21.3 Å². The number of nitrogens with one attached hydrogen (secondary N) is 1. The van der Waals surface area contributed by atoms with Gasteiger partial charge in [-0.1, -0.05) is 30.3 Å². The average molecular weight is 461 g/mol. The predicted molar refractivity (Wildman–Crippen MR) is 118 cm³/mol. The van der Waals surface area contributed by atoms with Crippen molar-refractivity contribution >= 4 is 32.7 Å². The number of nitrogens with zero attached hydrogens (tertiary/aromatic N) is 3. The number of nitro benzene ring substituents is 1. The molecule has 0 unspecified atom stereocenters. The molecule has 0 radical (unpaired) electrons. The van der Waals surface area contributed by atoms with E-state index in [2.05, 4.69) is 10.3 Å². The normalized spacial score (nSPS) is 15.0. The monoisotopic (exact) mass is 460 g/mol. The number of hydrogen-bond donors (Lipinski definition) is 1. The van der Waals surface area contributed by atoms with Crippen LogP contribution in [0.5, 0.6) is 0 Å². The summed E-state index contributed by atoms with van der Waals surface area (Å²) in [5, 5.41) is 17.1. The van der Waals surface area contributed by atoms with Gasteiger partial charge in [0.1, 0.15) is 9.90 Å². The lowest BCUT2D eigenvalue weighted by atomic mass is 10.2. The maximum atomic E-state index is 13.2. The lowest BCUT2D eigenvalue weighted by Crippen LogP contribution is -2.40. The smallest absolute Gasteiger partial charge is 0.270 e. The van der Waals surface area contributed by atoms with Crippen LogP contribution >= 0.6 is 11.3 Å². The molecule has 1 N–H and O–H groups in total. The van der Waals surface area contributed by atoms with Gasteiger partial charge in [-0.2, -0.15) is 4.31 Å². The highest BCUT2D eigenvalue weighted by molar-refractivity contribution is 7.89. The van der Waals surface area contributed by atoms with Crippen LogP contribution in [0.15, 0.2) is 58.8 Å². The molecule has 0 bridgehead atoms. The van der Waals surface area contributed by atoms with Gasteiger partial charge in [0.2, 0.25) is 10.0 Å². The fourth-order valence-corrected chi connectivity index (χ4v) is 5.62. The van der Waals surface area contributed by atoms with E-state index < -0.39 is 14.9 Å². The Balaban J connectivity index is 1.59. The van der Waals surface area contributed by atoms with Gasteiger partial charge in [-0.3, -0.25) is 10.1 Å². The molecule has 1 fully saturated rings. The summed E-state index contributed by atoms with van der Waals surface area (Å²) in [6.45, 7) is 1.27. The first-order valence-electron chi connectivity index (χ1n) is 9.55. The average Bonchev–Trinajstić information content (AvgIpc) is 3.28. The van der Waals surface area contributed by atoms with E-state index in [-0.39, 0.29) is 43.4 Å². The van der Waals surface area contributed by atoms with Crippen LogP contribution in [0.4, 0.5) is 11.4 Å². The standard InChI is InChI=1S/C20H20N4O5S2/c25-24(26)17-6-7-18(19(12-17)31(27,28)23-8-10-29-11-9-23)21-13-16-14-30-20(22-16)15-4-2-1-3-5-15/h1-7,12,14,21H,8-11,13H2. The molecular weight excluding hydrogens is 440 g/mol. The molecular formula is C20H20N4O5S2. The first-order valence-corrected chi connectivity index (χ1v) is 11.9. The number of hydrogen-bond acceptors (Lipinski definition) is 8. The third-order valence-corrected chi connectivity index (χ3v) is 7.68. The molecule has 1 saturated heterocycles. The highest BCUT2D eigenvalue weighted by Gasteiger charge is 2.30. The van der Waals surface area contributed by atoms with Crippen LogP contribution in [0, 0.1) is 10.1 Å². The molecule has 1 aliphatic heterocycles. The van der Waals surface area contributed by atoms with Gasteiger partial charge in [0, 0.05) is 36.2 Å². The quantitative estimate of drug-likeness (QED) is 0.425. The molecule has 0 aliphatic carbocycles. The number of benzene rings is 2. The summed E-state index contributed by atoms with van der Waals surface area (Å²) in [6, 6.07) is 13.6. The van der Waals surface area contributed by atoms with Crippen LogP contribution in [0.3, 0.4) is 0 Å². The van der Waals surface area contributed by atoms with E-state index in [1.165, 1.54) is 27.8 Å². The molecule has 2 heterocycles. The largest absolute Gasteiger partial charge is 0.379 e. The summed E-state index contributed by atoms with van der Waals surface area (Å²) >= 11 is 1.50. The molecule has 31 heavy (non-hydrogen) atoms. The van der Waals surface area contributed by atoms with Crippen molar-refractivity contribution in [3.05, 3.63) is 69.7 Å². The second-order valence-corrected chi connectivity index (χ2v) is 9.58. The Kier molecular flexibility index (Phi) is 6.28. The number of morpholine rings is 1. The maximum absolute atomic E-state index is 13.2. The van der Waals surface area contributed by atoms with Crippen molar-refractivity contribution in [2.24, 2.45) is 0 Å². The molecule has 9 nitrogen and oxygen atoms in total. The molecule has 0 amide bonds. The Hall–Kier alpha value is -2.86. The molecule has 11 heteroatoms. The van der Waals surface area contributed by atoms with E-state index in [1.54, 1.807) is 0 Å². The molecule has 0 saturated carbocycles. The number of aromatic nitrogens is 1. The van der Waals surface area contributed by atoms with Crippen molar-refractivity contribution in [3.8, 4) is 10.6 Å². The Morgan fingerprint density at radius 2 is 1.90 bits per heavy atom. The highest BCUT2D eigenvalue weighted by atomic mass is 32.2. The Bertz CT molecular complexity index is 1180. The number of sulfonamides is 1. The first-order chi connectivity index (χ1) is 14.9. The lowest BCUT2D eigenvalue weighted by molar-refractivity contribution is -0.385. The zero-order chi connectivity index (χ0) is 21.8. The van der Waals surface area contributed by atoms with Gasteiger partial charge in [-0.15, -0.1) is 11.3 Å². The van der Waals surface area contributed by atoms with Gasteiger partial charge in [0.25, 0.3) is 5.69 Å². The van der Waals surface area contributed by atoms with Gasteiger partial charge in [0.15, 0.2) is 0 Å². The molecule has 2 aromatic carbocycles. The summed E-state index contributed by atoms with van der Waals surface area (Å²) < 4.78 is 32.9. The fraction of sp³-hybridized carbons (Fsp3) is 0.250. The first kappa shape index (κ1) is 21.4. The molecule has 4 rings (SSSR count). The van der Waals surface area contributed by atoms with E-state index in [9.17, 15) is 18.5 Å². The highest BCUT2D eigenvalue weighted by Crippen LogP contribution is 2.30. The number of rotatable bonds is 7. The second-order valence-electron chi connectivity index (χ2n) is 6.82. The van der Waals surface area contributed by atoms with E-state index in [0.29, 0.717) is 5.69 Å². The molecule has 0 spiro atoms. The van der Waals surface area contributed by atoms with E-state index >= 15 is 0 Å².